The van der Waals surface area contributed by atoms with Crippen molar-refractivity contribution < 1.29 is 9.18 Å². The fraction of sp³-hybridized carbons (Fsp3) is 0.650. The maximum absolute atomic E-state index is 13.1. The number of hydrogen-bond acceptors (Lipinski definition) is 1. The van der Waals surface area contributed by atoms with Gasteiger partial charge in [-0.1, -0.05) is 12.1 Å². The number of hydrogen-bond donors (Lipinski definition) is 1. The lowest BCUT2D eigenvalue weighted by atomic mass is 9.51. The van der Waals surface area contributed by atoms with E-state index in [4.69, 9.17) is 0 Å². The molecule has 4 bridgehead atoms. The predicted octanol–water partition coefficient (Wildman–Crippen LogP) is 4.25. The molecule has 0 heterocycles. The van der Waals surface area contributed by atoms with Crippen molar-refractivity contribution >= 4 is 5.91 Å². The Hall–Kier alpha value is -1.38. The first-order valence-electron chi connectivity index (χ1n) is 9.00. The van der Waals surface area contributed by atoms with Gasteiger partial charge < -0.3 is 5.32 Å². The zero-order chi connectivity index (χ0) is 16.2. The molecule has 1 amide bonds. The molecule has 23 heavy (non-hydrogen) atoms. The molecular weight excluding hydrogens is 289 g/mol. The summed E-state index contributed by atoms with van der Waals surface area (Å²) >= 11 is 0. The van der Waals surface area contributed by atoms with E-state index in [1.165, 1.54) is 44.2 Å². The molecule has 0 saturated heterocycles. The summed E-state index contributed by atoms with van der Waals surface area (Å²) in [4.78, 5) is 13.0. The largest absolute Gasteiger partial charge is 0.347 e. The Bertz CT molecular complexity index is 579. The highest BCUT2D eigenvalue weighted by Crippen LogP contribution is 2.56. The van der Waals surface area contributed by atoms with Gasteiger partial charge in [0.05, 0.1) is 5.54 Å². The quantitative estimate of drug-likeness (QED) is 0.887. The van der Waals surface area contributed by atoms with Gasteiger partial charge in [0.15, 0.2) is 0 Å². The molecule has 0 atom stereocenters. The van der Waals surface area contributed by atoms with Gasteiger partial charge >= 0.3 is 0 Å². The average molecular weight is 315 g/mol. The van der Waals surface area contributed by atoms with E-state index < -0.39 is 5.54 Å². The Kier molecular flexibility index (Phi) is 3.51. The minimum absolute atomic E-state index is 0.197. The van der Waals surface area contributed by atoms with E-state index in [0.29, 0.717) is 11.8 Å². The highest BCUT2D eigenvalue weighted by atomic mass is 19.1. The van der Waals surface area contributed by atoms with Crippen LogP contribution >= 0.6 is 0 Å². The van der Waals surface area contributed by atoms with Crippen LogP contribution in [-0.2, 0) is 10.3 Å². The van der Waals surface area contributed by atoms with Gasteiger partial charge in [0, 0.05) is 5.92 Å². The molecule has 4 saturated carbocycles. The topological polar surface area (TPSA) is 29.1 Å². The van der Waals surface area contributed by atoms with E-state index in [9.17, 15) is 9.18 Å². The second kappa shape index (κ2) is 5.32. The molecule has 2 nitrogen and oxygen atoms in total. The Balaban J connectivity index is 1.50. The van der Waals surface area contributed by atoms with Gasteiger partial charge in [-0.3, -0.25) is 4.79 Å². The molecule has 0 aliphatic heterocycles. The minimum Gasteiger partial charge on any atom is -0.347 e. The van der Waals surface area contributed by atoms with E-state index in [1.54, 1.807) is 12.1 Å². The van der Waals surface area contributed by atoms with E-state index in [1.807, 2.05) is 13.8 Å². The summed E-state index contributed by atoms with van der Waals surface area (Å²) in [6.07, 6.45) is 6.41. The van der Waals surface area contributed by atoms with Crippen molar-refractivity contribution in [3.63, 3.8) is 0 Å². The van der Waals surface area contributed by atoms with Crippen molar-refractivity contribution in [1.82, 2.24) is 5.32 Å². The van der Waals surface area contributed by atoms with Crippen LogP contribution in [-0.4, -0.2) is 5.91 Å². The van der Waals surface area contributed by atoms with Crippen LogP contribution < -0.4 is 5.32 Å². The highest BCUT2D eigenvalue weighted by Gasteiger charge is 2.51. The molecule has 0 aromatic heterocycles. The molecule has 4 aliphatic rings. The van der Waals surface area contributed by atoms with E-state index in [2.05, 4.69) is 5.32 Å². The van der Waals surface area contributed by atoms with Crippen LogP contribution in [0.1, 0.15) is 51.5 Å². The third-order valence-electron chi connectivity index (χ3n) is 6.53. The maximum Gasteiger partial charge on any atom is 0.224 e. The number of carbonyl (C=O) groups excluding carboxylic acids is 1. The fourth-order valence-electron chi connectivity index (χ4n) is 5.68. The molecule has 0 spiro atoms. The van der Waals surface area contributed by atoms with Crippen LogP contribution in [0.4, 0.5) is 4.39 Å². The summed E-state index contributed by atoms with van der Waals surface area (Å²) in [5, 5.41) is 3.26. The summed E-state index contributed by atoms with van der Waals surface area (Å²) in [5.41, 5.74) is 0.496. The van der Waals surface area contributed by atoms with Crippen molar-refractivity contribution in [2.45, 2.75) is 51.5 Å². The van der Waals surface area contributed by atoms with Crippen LogP contribution in [0.25, 0.3) is 0 Å². The summed E-state index contributed by atoms with van der Waals surface area (Å²) < 4.78 is 13.1. The first kappa shape index (κ1) is 15.2. The lowest BCUT2D eigenvalue weighted by Crippen LogP contribution is -2.54. The van der Waals surface area contributed by atoms with Gasteiger partial charge in [-0.05, 0) is 87.3 Å². The first-order chi connectivity index (χ1) is 10.9. The third-order valence-corrected chi connectivity index (χ3v) is 6.53. The van der Waals surface area contributed by atoms with Gasteiger partial charge in [-0.2, -0.15) is 0 Å². The monoisotopic (exact) mass is 315 g/mol. The van der Waals surface area contributed by atoms with Gasteiger partial charge in [0.2, 0.25) is 5.91 Å². The molecule has 0 unspecified atom stereocenters. The number of carbonyl (C=O) groups is 1. The van der Waals surface area contributed by atoms with Gasteiger partial charge in [0.1, 0.15) is 5.82 Å². The number of halogens is 1. The van der Waals surface area contributed by atoms with Gasteiger partial charge in [-0.25, -0.2) is 4.39 Å². The molecule has 5 rings (SSSR count). The average Bonchev–Trinajstić information content (AvgIpc) is 2.45. The van der Waals surface area contributed by atoms with Crippen molar-refractivity contribution in [2.75, 3.05) is 0 Å². The molecule has 4 aliphatic carbocycles. The zero-order valence-electron chi connectivity index (χ0n) is 14.0. The SMILES string of the molecule is CC(C)(NC(=O)C1C2CC3CC(C2)CC1C3)c1ccc(F)cc1. The minimum atomic E-state index is -0.459. The predicted molar refractivity (Wildman–Crippen MR) is 88.1 cm³/mol. The molecule has 1 aromatic carbocycles. The number of nitrogens with one attached hydrogen (secondary N) is 1. The standard InChI is InChI=1S/C20H26FNO/c1-20(2,16-3-5-17(21)6-4-16)22-19(23)18-14-8-12-7-13(10-14)11-15(18)9-12/h3-6,12-15,18H,7-11H2,1-2H3,(H,22,23). The first-order valence-corrected chi connectivity index (χ1v) is 9.00. The van der Waals surface area contributed by atoms with Crippen LogP contribution in [0.2, 0.25) is 0 Å². The third kappa shape index (κ3) is 2.68. The second-order valence-corrected chi connectivity index (χ2v) is 8.58. The smallest absolute Gasteiger partial charge is 0.224 e. The molecule has 1 aromatic rings. The van der Waals surface area contributed by atoms with Crippen molar-refractivity contribution in [2.24, 2.45) is 29.6 Å². The highest BCUT2D eigenvalue weighted by molar-refractivity contribution is 5.80. The van der Waals surface area contributed by atoms with E-state index in [0.717, 1.165) is 17.4 Å². The van der Waals surface area contributed by atoms with Gasteiger partial charge in [0.25, 0.3) is 0 Å². The number of rotatable bonds is 3. The Morgan fingerprint density at radius 1 is 1.00 bits per heavy atom. The molecule has 0 radical (unpaired) electrons. The number of benzene rings is 1. The zero-order valence-corrected chi connectivity index (χ0v) is 14.0. The summed E-state index contributed by atoms with van der Waals surface area (Å²) in [5.74, 6) is 3.12. The van der Waals surface area contributed by atoms with E-state index >= 15 is 0 Å². The molecular formula is C20H26FNO. The van der Waals surface area contributed by atoms with Gasteiger partial charge in [-0.15, -0.1) is 0 Å². The fourth-order valence-corrected chi connectivity index (χ4v) is 5.68. The second-order valence-electron chi connectivity index (χ2n) is 8.58. The van der Waals surface area contributed by atoms with Crippen molar-refractivity contribution in [3.05, 3.63) is 35.6 Å². The lowest BCUT2D eigenvalue weighted by molar-refractivity contribution is -0.139. The van der Waals surface area contributed by atoms with Crippen molar-refractivity contribution in [3.8, 4) is 0 Å². The van der Waals surface area contributed by atoms with Crippen LogP contribution in [0.3, 0.4) is 0 Å². The molecule has 124 valence electrons. The Morgan fingerprint density at radius 3 is 2.04 bits per heavy atom. The van der Waals surface area contributed by atoms with Crippen molar-refractivity contribution in [1.29, 1.82) is 0 Å². The molecule has 4 fully saturated rings. The summed E-state index contributed by atoms with van der Waals surface area (Å²) in [6.45, 7) is 4.02. The van der Waals surface area contributed by atoms with Crippen LogP contribution in [0.15, 0.2) is 24.3 Å². The lowest BCUT2D eigenvalue weighted by Gasteiger charge is -2.54. The Morgan fingerprint density at radius 2 is 1.52 bits per heavy atom. The van der Waals surface area contributed by atoms with Crippen LogP contribution in [0, 0.1) is 35.4 Å². The molecule has 3 heteroatoms. The Labute approximate surface area is 137 Å². The molecule has 1 N–H and O–H groups in total. The normalized spacial score (nSPS) is 35.3. The van der Waals surface area contributed by atoms with E-state index in [-0.39, 0.29) is 17.6 Å². The number of amides is 1. The summed E-state index contributed by atoms with van der Waals surface area (Å²) in [7, 11) is 0. The van der Waals surface area contributed by atoms with Crippen LogP contribution in [0.5, 0.6) is 0 Å². The summed E-state index contributed by atoms with van der Waals surface area (Å²) in [6, 6.07) is 6.47. The maximum atomic E-state index is 13.1.